The average Bonchev–Trinajstić information content (AvgIpc) is 3.61. The number of amides is 2. The highest BCUT2D eigenvalue weighted by molar-refractivity contribution is 6.26. The van der Waals surface area contributed by atoms with Crippen molar-refractivity contribution in [2.75, 3.05) is 4.90 Å². The molecule has 0 saturated carbocycles. The molecule has 2 aliphatic heterocycles. The summed E-state index contributed by atoms with van der Waals surface area (Å²) in [6, 6.07) is 15.9. The number of hydrogen-bond acceptors (Lipinski definition) is 5. The summed E-state index contributed by atoms with van der Waals surface area (Å²) in [5.41, 5.74) is 0.855. The number of carbonyl (C=O) groups excluding carboxylic acids is 2. The molecule has 2 fully saturated rings. The molecule has 9 nitrogen and oxygen atoms in total. The van der Waals surface area contributed by atoms with Crippen LogP contribution >= 0.6 is 0 Å². The first-order chi connectivity index (χ1) is 16.5. The van der Waals surface area contributed by atoms with Crippen LogP contribution in [0.15, 0.2) is 73.3 Å². The molecule has 4 heterocycles. The van der Waals surface area contributed by atoms with Gasteiger partial charge < -0.3 is 15.1 Å². The van der Waals surface area contributed by atoms with Gasteiger partial charge in [0.1, 0.15) is 5.54 Å². The minimum Gasteiger partial charge on any atom is -0.480 e. The fraction of sp³-hybridized carbons (Fsp3) is 0.200. The topological polar surface area (TPSA) is 131 Å². The number of imide groups is 1. The van der Waals surface area contributed by atoms with E-state index in [0.29, 0.717) is 11.4 Å². The van der Waals surface area contributed by atoms with Crippen LogP contribution < -0.4 is 10.2 Å². The maximum atomic E-state index is 13.9. The third kappa shape index (κ3) is 2.77. The van der Waals surface area contributed by atoms with Gasteiger partial charge in [-0.25, -0.2) is 9.88 Å². The van der Waals surface area contributed by atoms with E-state index in [1.165, 1.54) is 12.5 Å². The Hall–Kier alpha value is -4.24. The summed E-state index contributed by atoms with van der Waals surface area (Å²) in [6.45, 7) is 0. The van der Waals surface area contributed by atoms with Gasteiger partial charge in [0.05, 0.1) is 23.9 Å². The molecule has 2 amide bonds. The molecule has 6 rings (SSSR count). The highest BCUT2D eigenvalue weighted by Crippen LogP contribution is 2.51. The summed E-state index contributed by atoms with van der Waals surface area (Å²) in [5.74, 6) is -4.08. The van der Waals surface area contributed by atoms with Crippen LogP contribution in [0.5, 0.6) is 0 Å². The van der Waals surface area contributed by atoms with E-state index in [2.05, 4.69) is 20.3 Å². The summed E-state index contributed by atoms with van der Waals surface area (Å²) in [6.07, 6.45) is 4.61. The Bertz CT molecular complexity index is 1410. The Morgan fingerprint density at radius 1 is 1.03 bits per heavy atom. The number of aliphatic carboxylic acids is 1. The number of aromatic amines is 2. The summed E-state index contributed by atoms with van der Waals surface area (Å²) >= 11 is 0. The average molecular weight is 455 g/mol. The molecule has 0 radical (unpaired) electrons. The Balaban J connectivity index is 1.52. The number of aromatic nitrogens is 3. The molecule has 9 heteroatoms. The number of hydrogen-bond donors (Lipinski definition) is 4. The Morgan fingerprint density at radius 3 is 2.53 bits per heavy atom. The van der Waals surface area contributed by atoms with Crippen LogP contribution in [0.4, 0.5) is 5.69 Å². The summed E-state index contributed by atoms with van der Waals surface area (Å²) < 4.78 is 0. The van der Waals surface area contributed by atoms with E-state index in [4.69, 9.17) is 0 Å². The highest BCUT2D eigenvalue weighted by Gasteiger charge is 2.68. The maximum absolute atomic E-state index is 13.9. The van der Waals surface area contributed by atoms with E-state index in [1.807, 2.05) is 54.6 Å². The molecule has 2 aliphatic rings. The number of nitrogens with zero attached hydrogens (tertiary/aromatic N) is 2. The van der Waals surface area contributed by atoms with Crippen molar-refractivity contribution in [2.24, 2.45) is 11.8 Å². The number of anilines is 1. The van der Waals surface area contributed by atoms with Crippen LogP contribution in [0.3, 0.4) is 0 Å². The van der Waals surface area contributed by atoms with Gasteiger partial charge in [-0.3, -0.25) is 19.7 Å². The third-order valence-corrected chi connectivity index (χ3v) is 7.03. The summed E-state index contributed by atoms with van der Waals surface area (Å²) in [4.78, 5) is 51.8. The largest absolute Gasteiger partial charge is 0.480 e. The van der Waals surface area contributed by atoms with Gasteiger partial charge in [-0.15, -0.1) is 0 Å². The first-order valence-corrected chi connectivity index (χ1v) is 11.0. The molecule has 170 valence electrons. The van der Waals surface area contributed by atoms with Crippen LogP contribution in [-0.4, -0.2) is 43.4 Å². The number of carboxylic acids is 1. The van der Waals surface area contributed by atoms with Crippen molar-refractivity contribution >= 4 is 34.4 Å². The zero-order valence-electron chi connectivity index (χ0n) is 17.9. The van der Waals surface area contributed by atoms with Gasteiger partial charge in [-0.2, -0.15) is 0 Å². The van der Waals surface area contributed by atoms with E-state index in [0.717, 1.165) is 21.4 Å². The second kappa shape index (κ2) is 7.39. The van der Waals surface area contributed by atoms with E-state index in [9.17, 15) is 19.5 Å². The van der Waals surface area contributed by atoms with E-state index in [-0.39, 0.29) is 6.42 Å². The standard InChI is InChI=1S/C25H21N5O4/c31-22-19-20(23(32)30(22)18-12-27-17-9-5-4-8-16(17)18)25(24(33)34,10-15-11-26-13-28-15)29-21(19)14-6-2-1-3-7-14/h1-9,11-13,19-21,27,29H,10H2,(H,26,28)(H,33,34)/t19-,20-,21?,25?/m1/s1. The molecular weight excluding hydrogens is 434 g/mol. The fourth-order valence-corrected chi connectivity index (χ4v) is 5.55. The zero-order valence-corrected chi connectivity index (χ0v) is 17.9. The molecule has 34 heavy (non-hydrogen) atoms. The predicted octanol–water partition coefficient (Wildman–Crippen LogP) is 2.41. The van der Waals surface area contributed by atoms with Crippen molar-refractivity contribution in [3.05, 3.63) is 84.6 Å². The molecule has 4 N–H and O–H groups in total. The highest BCUT2D eigenvalue weighted by atomic mass is 16.4. The molecule has 0 bridgehead atoms. The minimum absolute atomic E-state index is 0.0203. The van der Waals surface area contributed by atoms with Gasteiger partial charge in [0.25, 0.3) is 0 Å². The quantitative estimate of drug-likeness (QED) is 0.342. The van der Waals surface area contributed by atoms with E-state index in [1.54, 1.807) is 6.20 Å². The lowest BCUT2D eigenvalue weighted by atomic mass is 9.77. The van der Waals surface area contributed by atoms with Crippen LogP contribution in [0.1, 0.15) is 17.3 Å². The van der Waals surface area contributed by atoms with Gasteiger partial charge in [-0.05, 0) is 11.6 Å². The summed E-state index contributed by atoms with van der Waals surface area (Å²) in [5, 5.41) is 14.4. The van der Waals surface area contributed by atoms with Crippen molar-refractivity contribution in [1.29, 1.82) is 0 Å². The number of nitrogens with one attached hydrogen (secondary N) is 3. The number of para-hydroxylation sites is 1. The van der Waals surface area contributed by atoms with Crippen molar-refractivity contribution in [3.63, 3.8) is 0 Å². The van der Waals surface area contributed by atoms with Crippen LogP contribution in [0.2, 0.25) is 0 Å². The molecule has 4 atom stereocenters. The third-order valence-electron chi connectivity index (χ3n) is 7.03. The number of imidazole rings is 1. The second-order valence-corrected chi connectivity index (χ2v) is 8.80. The SMILES string of the molecule is O=C1[C@H]2C(c3ccccc3)NC(Cc3cnc[nH]3)(C(=O)O)[C@H]2C(=O)N1c1c[nH]c2ccccc12. The van der Waals surface area contributed by atoms with Gasteiger partial charge in [0.15, 0.2) is 0 Å². The number of benzene rings is 2. The fourth-order valence-electron chi connectivity index (χ4n) is 5.55. The predicted molar refractivity (Wildman–Crippen MR) is 123 cm³/mol. The number of fused-ring (bicyclic) bond motifs is 2. The van der Waals surface area contributed by atoms with Crippen molar-refractivity contribution in [2.45, 2.75) is 18.0 Å². The Labute approximate surface area is 193 Å². The number of carbonyl (C=O) groups is 3. The lowest BCUT2D eigenvalue weighted by molar-refractivity contribution is -0.148. The lowest BCUT2D eigenvalue weighted by Crippen LogP contribution is -2.57. The number of carboxylic acid groups (broad SMARTS) is 1. The molecule has 0 spiro atoms. The smallest absolute Gasteiger partial charge is 0.325 e. The minimum atomic E-state index is -1.69. The molecule has 0 aliphatic carbocycles. The first kappa shape index (κ1) is 20.4. The van der Waals surface area contributed by atoms with E-state index >= 15 is 0 Å². The molecule has 2 saturated heterocycles. The number of H-pyrrole nitrogens is 2. The monoisotopic (exact) mass is 455 g/mol. The number of rotatable bonds is 5. The molecular formula is C25H21N5O4. The molecule has 2 unspecified atom stereocenters. The van der Waals surface area contributed by atoms with E-state index < -0.39 is 41.2 Å². The van der Waals surface area contributed by atoms with Crippen molar-refractivity contribution in [1.82, 2.24) is 20.3 Å². The molecule has 2 aromatic carbocycles. The van der Waals surface area contributed by atoms with Gasteiger partial charge in [0, 0.05) is 41.5 Å². The summed E-state index contributed by atoms with van der Waals surface area (Å²) in [7, 11) is 0. The van der Waals surface area contributed by atoms with Crippen LogP contribution in [0.25, 0.3) is 10.9 Å². The second-order valence-electron chi connectivity index (χ2n) is 8.80. The van der Waals surface area contributed by atoms with Crippen molar-refractivity contribution in [3.8, 4) is 0 Å². The maximum Gasteiger partial charge on any atom is 0.325 e. The van der Waals surface area contributed by atoms with Gasteiger partial charge in [0.2, 0.25) is 11.8 Å². The lowest BCUT2D eigenvalue weighted by Gasteiger charge is -2.30. The Morgan fingerprint density at radius 2 is 1.79 bits per heavy atom. The van der Waals surface area contributed by atoms with Crippen LogP contribution in [-0.2, 0) is 20.8 Å². The van der Waals surface area contributed by atoms with Crippen LogP contribution in [0, 0.1) is 11.8 Å². The molecule has 4 aromatic rings. The molecule has 2 aromatic heterocycles. The Kier molecular flexibility index (Phi) is 4.43. The van der Waals surface area contributed by atoms with Gasteiger partial charge in [-0.1, -0.05) is 48.5 Å². The van der Waals surface area contributed by atoms with Gasteiger partial charge >= 0.3 is 5.97 Å². The first-order valence-electron chi connectivity index (χ1n) is 11.0. The normalized spacial score (nSPS) is 26.4. The van der Waals surface area contributed by atoms with Crippen molar-refractivity contribution < 1.29 is 19.5 Å². The zero-order chi connectivity index (χ0) is 23.4.